The predicted octanol–water partition coefficient (Wildman–Crippen LogP) is 3.40. The molecule has 0 unspecified atom stereocenters. The standard InChI is InChI=1S/C19H21N3O/c1-19(2)12-15-6-4-5-7-17(15)18(21-19)22-20-13-14-8-10-16(23-3)11-9-14/h4-11,13H,12H2,1-3H3,(H,21,22). The van der Waals surface area contributed by atoms with E-state index >= 15 is 0 Å². The zero-order chi connectivity index (χ0) is 16.3. The Morgan fingerprint density at radius 3 is 2.61 bits per heavy atom. The molecule has 1 aliphatic rings. The molecule has 1 aliphatic heterocycles. The van der Waals surface area contributed by atoms with E-state index in [1.165, 1.54) is 5.56 Å². The summed E-state index contributed by atoms with van der Waals surface area (Å²) in [5, 5.41) is 4.34. The van der Waals surface area contributed by atoms with Gasteiger partial charge in [0, 0.05) is 5.56 Å². The van der Waals surface area contributed by atoms with Crippen molar-refractivity contribution >= 4 is 12.1 Å². The summed E-state index contributed by atoms with van der Waals surface area (Å²) < 4.78 is 5.15. The van der Waals surface area contributed by atoms with E-state index in [0.717, 1.165) is 29.1 Å². The van der Waals surface area contributed by atoms with Crippen molar-refractivity contribution in [2.75, 3.05) is 7.11 Å². The quantitative estimate of drug-likeness (QED) is 0.698. The van der Waals surface area contributed by atoms with Gasteiger partial charge in [-0.1, -0.05) is 24.3 Å². The fraction of sp³-hybridized carbons (Fsp3) is 0.263. The SMILES string of the molecule is COc1ccc(C=NNC2=NC(C)(C)Cc3ccccc32)cc1. The Kier molecular flexibility index (Phi) is 4.15. The minimum absolute atomic E-state index is 0.119. The summed E-state index contributed by atoms with van der Waals surface area (Å²) in [7, 11) is 1.66. The first-order valence-electron chi connectivity index (χ1n) is 7.69. The third-order valence-electron chi connectivity index (χ3n) is 3.81. The molecule has 0 saturated carbocycles. The minimum Gasteiger partial charge on any atom is -0.497 e. The van der Waals surface area contributed by atoms with Crippen molar-refractivity contribution < 1.29 is 4.74 Å². The average Bonchev–Trinajstić information content (AvgIpc) is 2.54. The lowest BCUT2D eigenvalue weighted by atomic mass is 9.89. The molecule has 2 aromatic rings. The van der Waals surface area contributed by atoms with E-state index in [2.05, 4.69) is 42.6 Å². The third kappa shape index (κ3) is 3.59. The number of rotatable bonds is 3. The maximum absolute atomic E-state index is 5.15. The van der Waals surface area contributed by atoms with Gasteiger partial charge in [0.25, 0.3) is 0 Å². The molecule has 4 nitrogen and oxygen atoms in total. The average molecular weight is 307 g/mol. The van der Waals surface area contributed by atoms with Crippen molar-refractivity contribution in [3.8, 4) is 5.75 Å². The number of amidine groups is 1. The van der Waals surface area contributed by atoms with E-state index in [9.17, 15) is 0 Å². The van der Waals surface area contributed by atoms with Gasteiger partial charge in [0.05, 0.1) is 18.9 Å². The molecule has 0 fully saturated rings. The Balaban J connectivity index is 1.78. The van der Waals surface area contributed by atoms with Crippen LogP contribution in [-0.4, -0.2) is 24.7 Å². The first-order valence-corrected chi connectivity index (χ1v) is 7.69. The van der Waals surface area contributed by atoms with Crippen LogP contribution in [0.5, 0.6) is 5.75 Å². The molecule has 0 atom stereocenters. The van der Waals surface area contributed by atoms with Crippen LogP contribution < -0.4 is 10.2 Å². The van der Waals surface area contributed by atoms with Crippen LogP contribution in [0.3, 0.4) is 0 Å². The fourth-order valence-corrected chi connectivity index (χ4v) is 2.72. The van der Waals surface area contributed by atoms with Crippen molar-refractivity contribution in [3.63, 3.8) is 0 Å². The number of hydrazone groups is 1. The number of ether oxygens (including phenoxy) is 1. The van der Waals surface area contributed by atoms with Gasteiger partial charge >= 0.3 is 0 Å². The number of aliphatic imine (C=N–C) groups is 1. The molecular formula is C19H21N3O. The summed E-state index contributed by atoms with van der Waals surface area (Å²) in [4.78, 5) is 4.79. The summed E-state index contributed by atoms with van der Waals surface area (Å²) >= 11 is 0. The summed E-state index contributed by atoms with van der Waals surface area (Å²) in [5.41, 5.74) is 6.41. The first-order chi connectivity index (χ1) is 11.1. The Morgan fingerprint density at radius 2 is 1.87 bits per heavy atom. The van der Waals surface area contributed by atoms with Crippen LogP contribution in [0.25, 0.3) is 0 Å². The number of hydrogen-bond donors (Lipinski definition) is 1. The van der Waals surface area contributed by atoms with Gasteiger partial charge in [0.2, 0.25) is 0 Å². The molecule has 0 amide bonds. The number of nitrogens with one attached hydrogen (secondary N) is 1. The van der Waals surface area contributed by atoms with Crippen LogP contribution in [0.2, 0.25) is 0 Å². The first kappa shape index (κ1) is 15.3. The maximum atomic E-state index is 5.15. The van der Waals surface area contributed by atoms with Gasteiger partial charge in [-0.15, -0.1) is 0 Å². The Hall–Kier alpha value is -2.62. The van der Waals surface area contributed by atoms with Crippen molar-refractivity contribution in [1.82, 2.24) is 5.43 Å². The molecule has 0 radical (unpaired) electrons. The molecular weight excluding hydrogens is 286 g/mol. The summed E-state index contributed by atoms with van der Waals surface area (Å²) in [6, 6.07) is 16.1. The molecule has 0 aromatic heterocycles. The molecule has 0 saturated heterocycles. The van der Waals surface area contributed by atoms with Crippen LogP contribution in [0, 0.1) is 0 Å². The zero-order valence-corrected chi connectivity index (χ0v) is 13.7. The van der Waals surface area contributed by atoms with Gasteiger partial charge < -0.3 is 4.74 Å². The molecule has 1 heterocycles. The molecule has 23 heavy (non-hydrogen) atoms. The van der Waals surface area contributed by atoms with E-state index < -0.39 is 0 Å². The van der Waals surface area contributed by atoms with Crippen LogP contribution in [0.1, 0.15) is 30.5 Å². The molecule has 0 spiro atoms. The highest BCUT2D eigenvalue weighted by Crippen LogP contribution is 2.25. The number of methoxy groups -OCH3 is 1. The van der Waals surface area contributed by atoms with Gasteiger partial charge in [0.15, 0.2) is 0 Å². The largest absolute Gasteiger partial charge is 0.497 e. The maximum Gasteiger partial charge on any atom is 0.149 e. The van der Waals surface area contributed by atoms with Gasteiger partial charge in [0.1, 0.15) is 11.6 Å². The molecule has 0 aliphatic carbocycles. The smallest absolute Gasteiger partial charge is 0.149 e. The Morgan fingerprint density at radius 1 is 1.13 bits per heavy atom. The molecule has 0 bridgehead atoms. The molecule has 118 valence electrons. The van der Waals surface area contributed by atoms with E-state index in [4.69, 9.17) is 9.73 Å². The Labute approximate surface area is 136 Å². The monoisotopic (exact) mass is 307 g/mol. The summed E-state index contributed by atoms with van der Waals surface area (Å²) in [6.45, 7) is 4.27. The number of benzene rings is 2. The normalized spacial score (nSPS) is 15.9. The highest BCUT2D eigenvalue weighted by Gasteiger charge is 2.26. The lowest BCUT2D eigenvalue weighted by molar-refractivity contribution is 0.415. The van der Waals surface area contributed by atoms with Crippen molar-refractivity contribution in [2.24, 2.45) is 10.1 Å². The van der Waals surface area contributed by atoms with Crippen molar-refractivity contribution in [3.05, 3.63) is 65.2 Å². The molecule has 4 heteroatoms. The molecule has 2 aromatic carbocycles. The van der Waals surface area contributed by atoms with Crippen LogP contribution in [-0.2, 0) is 6.42 Å². The van der Waals surface area contributed by atoms with E-state index in [-0.39, 0.29) is 5.54 Å². The highest BCUT2D eigenvalue weighted by atomic mass is 16.5. The molecule has 1 N–H and O–H groups in total. The number of fused-ring (bicyclic) bond motifs is 1. The minimum atomic E-state index is -0.119. The van der Waals surface area contributed by atoms with Crippen molar-refractivity contribution in [1.29, 1.82) is 0 Å². The zero-order valence-electron chi connectivity index (χ0n) is 13.7. The second-order valence-corrected chi connectivity index (χ2v) is 6.25. The lowest BCUT2D eigenvalue weighted by Crippen LogP contribution is -2.34. The second kappa shape index (κ2) is 6.24. The van der Waals surface area contributed by atoms with Crippen LogP contribution >= 0.6 is 0 Å². The van der Waals surface area contributed by atoms with Crippen LogP contribution in [0.15, 0.2) is 58.6 Å². The topological polar surface area (TPSA) is 46.0 Å². The summed E-state index contributed by atoms with van der Waals surface area (Å²) in [5.74, 6) is 1.66. The van der Waals surface area contributed by atoms with E-state index in [1.54, 1.807) is 13.3 Å². The molecule has 3 rings (SSSR count). The van der Waals surface area contributed by atoms with Crippen molar-refractivity contribution in [2.45, 2.75) is 25.8 Å². The van der Waals surface area contributed by atoms with E-state index in [0.29, 0.717) is 0 Å². The fourth-order valence-electron chi connectivity index (χ4n) is 2.72. The van der Waals surface area contributed by atoms with Crippen LogP contribution in [0.4, 0.5) is 0 Å². The highest BCUT2D eigenvalue weighted by molar-refractivity contribution is 6.01. The second-order valence-electron chi connectivity index (χ2n) is 6.25. The Bertz CT molecular complexity index is 745. The predicted molar refractivity (Wildman–Crippen MR) is 94.5 cm³/mol. The lowest BCUT2D eigenvalue weighted by Gasteiger charge is -2.28. The van der Waals surface area contributed by atoms with Gasteiger partial charge in [-0.25, -0.2) is 0 Å². The van der Waals surface area contributed by atoms with Gasteiger partial charge in [-0.3, -0.25) is 10.4 Å². The van der Waals surface area contributed by atoms with Gasteiger partial charge in [-0.05, 0) is 55.7 Å². The number of hydrogen-bond acceptors (Lipinski definition) is 4. The third-order valence-corrected chi connectivity index (χ3v) is 3.81. The number of nitrogens with zero attached hydrogens (tertiary/aromatic N) is 2. The van der Waals surface area contributed by atoms with E-state index in [1.807, 2.05) is 30.3 Å². The van der Waals surface area contributed by atoms with Gasteiger partial charge in [-0.2, -0.15) is 5.10 Å². The summed E-state index contributed by atoms with van der Waals surface area (Å²) in [6.07, 6.45) is 2.72.